The number of nitrogens with zero attached hydrogens (tertiary/aromatic N) is 3. The maximum absolute atomic E-state index is 4.75. The van der Waals surface area contributed by atoms with Gasteiger partial charge in [0.25, 0.3) is 0 Å². The van der Waals surface area contributed by atoms with Crippen LogP contribution in [0.4, 0.5) is 0 Å². The first-order valence-electron chi connectivity index (χ1n) is 8.45. The molecule has 1 aliphatic heterocycles. The first-order valence-corrected chi connectivity index (χ1v) is 8.45. The van der Waals surface area contributed by atoms with E-state index in [2.05, 4.69) is 67.6 Å². The van der Waals surface area contributed by atoms with E-state index in [1.54, 1.807) is 0 Å². The van der Waals surface area contributed by atoms with Crippen LogP contribution in [0.15, 0.2) is 30.5 Å². The molecule has 2 aromatic heterocycles. The highest BCUT2D eigenvalue weighted by atomic mass is 15.2. The van der Waals surface area contributed by atoms with Gasteiger partial charge in [0.15, 0.2) is 0 Å². The van der Waals surface area contributed by atoms with E-state index in [0.717, 1.165) is 5.82 Å². The van der Waals surface area contributed by atoms with Gasteiger partial charge in [0.2, 0.25) is 0 Å². The van der Waals surface area contributed by atoms with Crippen molar-refractivity contribution in [1.29, 1.82) is 0 Å². The summed E-state index contributed by atoms with van der Waals surface area (Å²) in [4.78, 5) is 7.37. The summed E-state index contributed by atoms with van der Waals surface area (Å²) in [5.74, 6) is 1.02. The van der Waals surface area contributed by atoms with Crippen molar-refractivity contribution in [1.82, 2.24) is 14.5 Å². The predicted molar refractivity (Wildman–Crippen MR) is 91.5 cm³/mol. The van der Waals surface area contributed by atoms with Crippen LogP contribution in [0.2, 0.25) is 0 Å². The fourth-order valence-corrected chi connectivity index (χ4v) is 3.69. The lowest BCUT2D eigenvalue weighted by Crippen LogP contribution is -2.38. The van der Waals surface area contributed by atoms with E-state index in [1.807, 2.05) is 0 Å². The third kappa shape index (κ3) is 2.82. The maximum atomic E-state index is 4.75. The van der Waals surface area contributed by atoms with Crippen molar-refractivity contribution in [3.8, 4) is 5.82 Å². The molecule has 2 aromatic rings. The zero-order valence-corrected chi connectivity index (χ0v) is 14.2. The Hall–Kier alpha value is -1.61. The number of aromatic nitrogens is 2. The SMILES string of the molecule is Cc1ccc(C)n1-c1ccc([C@H]2CCCCN2C(C)C)cn1. The summed E-state index contributed by atoms with van der Waals surface area (Å²) < 4.78 is 2.21. The molecule has 3 heteroatoms. The van der Waals surface area contributed by atoms with Crippen molar-refractivity contribution < 1.29 is 0 Å². The molecule has 1 atom stereocenters. The molecule has 0 radical (unpaired) electrons. The lowest BCUT2D eigenvalue weighted by molar-refractivity contribution is 0.112. The number of hydrogen-bond donors (Lipinski definition) is 0. The van der Waals surface area contributed by atoms with Gasteiger partial charge in [0.05, 0.1) is 0 Å². The highest BCUT2D eigenvalue weighted by molar-refractivity contribution is 5.33. The minimum Gasteiger partial charge on any atom is -0.303 e. The van der Waals surface area contributed by atoms with E-state index in [9.17, 15) is 0 Å². The molecular weight excluding hydrogens is 270 g/mol. The maximum Gasteiger partial charge on any atom is 0.136 e. The number of rotatable bonds is 3. The number of aryl methyl sites for hydroxylation is 2. The summed E-state index contributed by atoms with van der Waals surface area (Å²) in [5, 5.41) is 0. The lowest BCUT2D eigenvalue weighted by atomic mass is 9.95. The van der Waals surface area contributed by atoms with Gasteiger partial charge >= 0.3 is 0 Å². The molecule has 0 unspecified atom stereocenters. The largest absolute Gasteiger partial charge is 0.303 e. The molecule has 3 heterocycles. The summed E-state index contributed by atoms with van der Waals surface area (Å²) in [6.45, 7) is 10.1. The average molecular weight is 297 g/mol. The first kappa shape index (κ1) is 15.3. The van der Waals surface area contributed by atoms with E-state index in [0.29, 0.717) is 12.1 Å². The van der Waals surface area contributed by atoms with Crippen molar-refractivity contribution >= 4 is 0 Å². The van der Waals surface area contributed by atoms with Crippen LogP contribution < -0.4 is 0 Å². The minimum atomic E-state index is 0.530. The van der Waals surface area contributed by atoms with Crippen LogP contribution >= 0.6 is 0 Å². The molecule has 0 aliphatic carbocycles. The molecule has 1 aliphatic rings. The second-order valence-electron chi connectivity index (χ2n) is 6.74. The van der Waals surface area contributed by atoms with Gasteiger partial charge in [0, 0.05) is 29.7 Å². The Morgan fingerprint density at radius 3 is 2.36 bits per heavy atom. The number of hydrogen-bond acceptors (Lipinski definition) is 2. The van der Waals surface area contributed by atoms with Crippen LogP contribution in [0.3, 0.4) is 0 Å². The Labute approximate surface area is 134 Å². The Balaban J connectivity index is 1.88. The topological polar surface area (TPSA) is 21.1 Å². The van der Waals surface area contributed by atoms with Crippen LogP contribution in [0.1, 0.15) is 56.1 Å². The van der Waals surface area contributed by atoms with Crippen molar-refractivity contribution in [2.45, 2.75) is 59.0 Å². The van der Waals surface area contributed by atoms with Crippen LogP contribution in [0, 0.1) is 13.8 Å². The van der Waals surface area contributed by atoms with Gasteiger partial charge < -0.3 is 4.57 Å². The number of likely N-dealkylation sites (tertiary alicyclic amines) is 1. The van der Waals surface area contributed by atoms with Gasteiger partial charge in [0.1, 0.15) is 5.82 Å². The van der Waals surface area contributed by atoms with Gasteiger partial charge in [-0.2, -0.15) is 0 Å². The van der Waals surface area contributed by atoms with E-state index < -0.39 is 0 Å². The van der Waals surface area contributed by atoms with Crippen LogP contribution in [0.25, 0.3) is 5.82 Å². The average Bonchev–Trinajstić information content (AvgIpc) is 2.86. The Kier molecular flexibility index (Phi) is 4.34. The van der Waals surface area contributed by atoms with Crippen LogP contribution in [-0.2, 0) is 0 Å². The van der Waals surface area contributed by atoms with Gasteiger partial charge in [-0.25, -0.2) is 4.98 Å². The van der Waals surface area contributed by atoms with Crippen LogP contribution in [-0.4, -0.2) is 27.0 Å². The zero-order chi connectivity index (χ0) is 15.7. The summed E-state index contributed by atoms with van der Waals surface area (Å²) >= 11 is 0. The first-order chi connectivity index (χ1) is 10.6. The van der Waals surface area contributed by atoms with E-state index >= 15 is 0 Å². The summed E-state index contributed by atoms with van der Waals surface area (Å²) in [7, 11) is 0. The molecule has 0 amide bonds. The number of pyridine rings is 1. The van der Waals surface area contributed by atoms with E-state index in [1.165, 1.54) is 42.8 Å². The highest BCUT2D eigenvalue weighted by Gasteiger charge is 2.26. The van der Waals surface area contributed by atoms with Gasteiger partial charge in [-0.1, -0.05) is 12.5 Å². The van der Waals surface area contributed by atoms with E-state index in [4.69, 9.17) is 4.98 Å². The van der Waals surface area contributed by atoms with Crippen LogP contribution in [0.5, 0.6) is 0 Å². The van der Waals surface area contributed by atoms with Crippen molar-refractivity contribution in [2.24, 2.45) is 0 Å². The van der Waals surface area contributed by atoms with Gasteiger partial charge in [-0.05, 0) is 70.8 Å². The molecule has 118 valence electrons. The van der Waals surface area contributed by atoms with Crippen molar-refractivity contribution in [2.75, 3.05) is 6.54 Å². The zero-order valence-electron chi connectivity index (χ0n) is 14.2. The standard InChI is InChI=1S/C19H27N3/c1-14(2)21-12-6-5-7-18(21)17-10-11-19(20-13-17)22-15(3)8-9-16(22)4/h8-11,13-14,18H,5-7,12H2,1-4H3/t18-/m1/s1. The van der Waals surface area contributed by atoms with Crippen molar-refractivity contribution in [3.05, 3.63) is 47.4 Å². The van der Waals surface area contributed by atoms with E-state index in [-0.39, 0.29) is 0 Å². The second-order valence-corrected chi connectivity index (χ2v) is 6.74. The van der Waals surface area contributed by atoms with Crippen molar-refractivity contribution in [3.63, 3.8) is 0 Å². The molecular formula is C19H27N3. The summed E-state index contributed by atoms with van der Waals surface area (Å²) in [6, 6.07) is 9.86. The summed E-state index contributed by atoms with van der Waals surface area (Å²) in [5.41, 5.74) is 3.83. The predicted octanol–water partition coefficient (Wildman–Crippen LogP) is 4.42. The molecule has 3 nitrogen and oxygen atoms in total. The minimum absolute atomic E-state index is 0.530. The number of piperidine rings is 1. The second kappa shape index (κ2) is 6.25. The molecule has 0 aromatic carbocycles. The Morgan fingerprint density at radius 2 is 1.77 bits per heavy atom. The fourth-order valence-electron chi connectivity index (χ4n) is 3.69. The quantitative estimate of drug-likeness (QED) is 0.836. The highest BCUT2D eigenvalue weighted by Crippen LogP contribution is 2.32. The molecule has 1 fully saturated rings. The molecule has 0 bridgehead atoms. The normalized spacial score (nSPS) is 19.8. The lowest BCUT2D eigenvalue weighted by Gasteiger charge is -2.38. The molecule has 0 spiro atoms. The summed E-state index contributed by atoms with van der Waals surface area (Å²) in [6.07, 6.45) is 5.98. The molecule has 22 heavy (non-hydrogen) atoms. The molecule has 0 saturated carbocycles. The fraction of sp³-hybridized carbons (Fsp3) is 0.526. The van der Waals surface area contributed by atoms with Gasteiger partial charge in [-0.3, -0.25) is 4.90 Å². The van der Waals surface area contributed by atoms with Gasteiger partial charge in [-0.15, -0.1) is 0 Å². The third-order valence-electron chi connectivity index (χ3n) is 4.86. The monoisotopic (exact) mass is 297 g/mol. The molecule has 3 rings (SSSR count). The Morgan fingerprint density at radius 1 is 1.05 bits per heavy atom. The molecule has 1 saturated heterocycles. The third-order valence-corrected chi connectivity index (χ3v) is 4.86. The Bertz CT molecular complexity index is 605. The molecule has 0 N–H and O–H groups in total. The smallest absolute Gasteiger partial charge is 0.136 e.